The predicted octanol–water partition coefficient (Wildman–Crippen LogP) is 1.52. The van der Waals surface area contributed by atoms with E-state index in [4.69, 9.17) is 4.74 Å². The summed E-state index contributed by atoms with van der Waals surface area (Å²) in [5, 5.41) is 3.42. The standard InChI is InChI=1S/C12H24N2O.ClH/c1-14(12-5-9-15-10-12)8-4-11-2-6-13-7-3-11;/h11-13H,2-10H2,1H3;1H. The molecule has 1 unspecified atom stereocenters. The van der Waals surface area contributed by atoms with E-state index in [9.17, 15) is 0 Å². The summed E-state index contributed by atoms with van der Waals surface area (Å²) >= 11 is 0. The van der Waals surface area contributed by atoms with E-state index < -0.39 is 0 Å². The van der Waals surface area contributed by atoms with Gasteiger partial charge in [-0.3, -0.25) is 0 Å². The van der Waals surface area contributed by atoms with Crippen molar-refractivity contribution in [2.24, 2.45) is 5.92 Å². The molecule has 16 heavy (non-hydrogen) atoms. The van der Waals surface area contributed by atoms with Crippen LogP contribution in [0.2, 0.25) is 0 Å². The van der Waals surface area contributed by atoms with Crippen molar-refractivity contribution in [2.75, 3.05) is 39.9 Å². The van der Waals surface area contributed by atoms with Crippen molar-refractivity contribution in [1.82, 2.24) is 10.2 Å². The second-order valence-electron chi connectivity index (χ2n) is 4.98. The number of rotatable bonds is 4. The number of nitrogens with one attached hydrogen (secondary N) is 1. The first kappa shape index (κ1) is 14.2. The van der Waals surface area contributed by atoms with Gasteiger partial charge in [-0.25, -0.2) is 0 Å². The van der Waals surface area contributed by atoms with Gasteiger partial charge in [-0.1, -0.05) is 0 Å². The Kier molecular flexibility index (Phi) is 6.66. The highest BCUT2D eigenvalue weighted by Crippen LogP contribution is 2.18. The minimum Gasteiger partial charge on any atom is -0.380 e. The summed E-state index contributed by atoms with van der Waals surface area (Å²) in [5.74, 6) is 0.955. The molecule has 2 heterocycles. The second kappa shape index (κ2) is 7.49. The van der Waals surface area contributed by atoms with Crippen molar-refractivity contribution in [3.63, 3.8) is 0 Å². The molecule has 0 aromatic rings. The highest BCUT2D eigenvalue weighted by Gasteiger charge is 2.21. The van der Waals surface area contributed by atoms with E-state index in [2.05, 4.69) is 17.3 Å². The van der Waals surface area contributed by atoms with Gasteiger partial charge in [0.1, 0.15) is 0 Å². The summed E-state index contributed by atoms with van der Waals surface area (Å²) < 4.78 is 5.42. The molecule has 0 radical (unpaired) electrons. The quantitative estimate of drug-likeness (QED) is 0.817. The Morgan fingerprint density at radius 1 is 1.25 bits per heavy atom. The fourth-order valence-corrected chi connectivity index (χ4v) is 2.61. The largest absolute Gasteiger partial charge is 0.380 e. The van der Waals surface area contributed by atoms with Crippen molar-refractivity contribution < 1.29 is 4.74 Å². The molecule has 2 aliphatic rings. The average Bonchev–Trinajstić information content (AvgIpc) is 2.81. The molecule has 1 N–H and O–H groups in total. The molecule has 2 rings (SSSR count). The van der Waals surface area contributed by atoms with Crippen molar-refractivity contribution in [1.29, 1.82) is 0 Å². The molecule has 2 saturated heterocycles. The summed E-state index contributed by atoms with van der Waals surface area (Å²) in [7, 11) is 2.25. The molecule has 4 heteroatoms. The van der Waals surface area contributed by atoms with E-state index in [1.807, 2.05) is 0 Å². The third-order valence-electron chi connectivity index (χ3n) is 3.88. The maximum atomic E-state index is 5.42. The number of halogens is 1. The zero-order chi connectivity index (χ0) is 10.5. The topological polar surface area (TPSA) is 24.5 Å². The third kappa shape index (κ3) is 4.21. The van der Waals surface area contributed by atoms with Gasteiger partial charge < -0.3 is 15.0 Å². The smallest absolute Gasteiger partial charge is 0.0622 e. The number of likely N-dealkylation sites (N-methyl/N-ethyl adjacent to an activating group) is 1. The lowest BCUT2D eigenvalue weighted by molar-refractivity contribution is 0.153. The molecular formula is C12H25ClN2O. The van der Waals surface area contributed by atoms with Gasteiger partial charge in [0.2, 0.25) is 0 Å². The molecule has 0 aromatic carbocycles. The predicted molar refractivity (Wildman–Crippen MR) is 69.3 cm³/mol. The average molecular weight is 249 g/mol. The lowest BCUT2D eigenvalue weighted by atomic mass is 9.94. The van der Waals surface area contributed by atoms with Crippen molar-refractivity contribution in [3.8, 4) is 0 Å². The highest BCUT2D eigenvalue weighted by atomic mass is 35.5. The highest BCUT2D eigenvalue weighted by molar-refractivity contribution is 5.85. The van der Waals surface area contributed by atoms with Crippen LogP contribution in [-0.2, 0) is 4.74 Å². The molecular weight excluding hydrogens is 224 g/mol. The van der Waals surface area contributed by atoms with E-state index in [0.29, 0.717) is 6.04 Å². The van der Waals surface area contributed by atoms with E-state index >= 15 is 0 Å². The SMILES string of the molecule is CN(CCC1CCNCC1)C1CCOC1.Cl. The van der Waals surface area contributed by atoms with Crippen LogP contribution >= 0.6 is 12.4 Å². The van der Waals surface area contributed by atoms with E-state index in [0.717, 1.165) is 19.1 Å². The van der Waals surface area contributed by atoms with Gasteiger partial charge in [0, 0.05) is 12.6 Å². The Labute approximate surface area is 105 Å². The fourth-order valence-electron chi connectivity index (χ4n) is 2.61. The van der Waals surface area contributed by atoms with Gasteiger partial charge in [-0.15, -0.1) is 12.4 Å². The third-order valence-corrected chi connectivity index (χ3v) is 3.88. The number of nitrogens with zero attached hydrogens (tertiary/aromatic N) is 1. The maximum absolute atomic E-state index is 5.42. The normalized spacial score (nSPS) is 27.0. The maximum Gasteiger partial charge on any atom is 0.0622 e. The van der Waals surface area contributed by atoms with Crippen LogP contribution in [0.15, 0.2) is 0 Å². The zero-order valence-corrected chi connectivity index (χ0v) is 11.1. The van der Waals surface area contributed by atoms with Gasteiger partial charge in [-0.05, 0) is 58.3 Å². The van der Waals surface area contributed by atoms with Gasteiger partial charge in [0.15, 0.2) is 0 Å². The van der Waals surface area contributed by atoms with Crippen LogP contribution < -0.4 is 5.32 Å². The summed E-state index contributed by atoms with van der Waals surface area (Å²) in [6.07, 6.45) is 5.33. The Balaban J connectivity index is 0.00000128. The molecule has 3 nitrogen and oxygen atoms in total. The van der Waals surface area contributed by atoms with Crippen LogP contribution in [0.4, 0.5) is 0 Å². The molecule has 0 saturated carbocycles. The summed E-state index contributed by atoms with van der Waals surface area (Å²) in [6, 6.07) is 0.687. The summed E-state index contributed by atoms with van der Waals surface area (Å²) in [6.45, 7) is 5.60. The molecule has 0 aliphatic carbocycles. The van der Waals surface area contributed by atoms with Crippen LogP contribution in [0.3, 0.4) is 0 Å². The minimum atomic E-state index is 0. The molecule has 0 spiro atoms. The first-order valence-corrected chi connectivity index (χ1v) is 6.35. The molecule has 2 aliphatic heterocycles. The Morgan fingerprint density at radius 2 is 2.00 bits per heavy atom. The summed E-state index contributed by atoms with van der Waals surface area (Å²) in [4.78, 5) is 2.50. The lowest BCUT2D eigenvalue weighted by Gasteiger charge is -2.27. The van der Waals surface area contributed by atoms with E-state index in [-0.39, 0.29) is 12.4 Å². The molecule has 1 atom stereocenters. The van der Waals surface area contributed by atoms with Crippen molar-refractivity contribution in [2.45, 2.75) is 31.7 Å². The first-order chi connectivity index (χ1) is 7.36. The Bertz CT molecular complexity index is 180. The summed E-state index contributed by atoms with van der Waals surface area (Å²) in [5.41, 5.74) is 0. The monoisotopic (exact) mass is 248 g/mol. The fraction of sp³-hybridized carbons (Fsp3) is 1.00. The van der Waals surface area contributed by atoms with E-state index in [1.165, 1.54) is 45.3 Å². The number of ether oxygens (including phenoxy) is 1. The lowest BCUT2D eigenvalue weighted by Crippen LogP contribution is -2.35. The van der Waals surface area contributed by atoms with Gasteiger partial charge >= 0.3 is 0 Å². The van der Waals surface area contributed by atoms with Crippen LogP contribution in [0.25, 0.3) is 0 Å². The number of piperidine rings is 1. The minimum absolute atomic E-state index is 0. The van der Waals surface area contributed by atoms with E-state index in [1.54, 1.807) is 0 Å². The molecule has 0 amide bonds. The Morgan fingerprint density at radius 3 is 2.62 bits per heavy atom. The molecule has 96 valence electrons. The first-order valence-electron chi connectivity index (χ1n) is 6.35. The van der Waals surface area contributed by atoms with Crippen LogP contribution in [0.1, 0.15) is 25.7 Å². The van der Waals surface area contributed by atoms with Crippen LogP contribution in [0.5, 0.6) is 0 Å². The van der Waals surface area contributed by atoms with Crippen LogP contribution in [0, 0.1) is 5.92 Å². The molecule has 0 aromatic heterocycles. The molecule has 0 bridgehead atoms. The van der Waals surface area contributed by atoms with Crippen molar-refractivity contribution in [3.05, 3.63) is 0 Å². The van der Waals surface area contributed by atoms with Crippen molar-refractivity contribution >= 4 is 12.4 Å². The van der Waals surface area contributed by atoms with Gasteiger partial charge in [-0.2, -0.15) is 0 Å². The number of hydrogen-bond acceptors (Lipinski definition) is 3. The number of hydrogen-bond donors (Lipinski definition) is 1. The van der Waals surface area contributed by atoms with Gasteiger partial charge in [0.25, 0.3) is 0 Å². The second-order valence-corrected chi connectivity index (χ2v) is 4.98. The van der Waals surface area contributed by atoms with Crippen LogP contribution in [-0.4, -0.2) is 50.8 Å². The van der Waals surface area contributed by atoms with Gasteiger partial charge in [0.05, 0.1) is 6.61 Å². The zero-order valence-electron chi connectivity index (χ0n) is 10.3. The molecule has 2 fully saturated rings. The Hall–Kier alpha value is 0.170.